The number of ether oxygens (including phenoxy) is 2. The van der Waals surface area contributed by atoms with E-state index in [1.807, 2.05) is 0 Å². The Morgan fingerprint density at radius 2 is 2.05 bits per heavy atom. The van der Waals surface area contributed by atoms with Crippen LogP contribution in [0, 0.1) is 0 Å². The Morgan fingerprint density at radius 3 is 2.68 bits per heavy atom. The van der Waals surface area contributed by atoms with E-state index in [9.17, 15) is 5.11 Å². The van der Waals surface area contributed by atoms with E-state index in [0.717, 1.165) is 0 Å². The molecule has 0 fully saturated rings. The molecule has 19 heavy (non-hydrogen) atoms. The number of nitrogens with zero attached hydrogens (tertiary/aromatic N) is 2. The third-order valence-corrected chi connectivity index (χ3v) is 2.91. The molecule has 6 nitrogen and oxygen atoms in total. The van der Waals surface area contributed by atoms with E-state index in [2.05, 4.69) is 5.10 Å². The van der Waals surface area contributed by atoms with Crippen LogP contribution in [0.25, 0.3) is 16.7 Å². The minimum atomic E-state index is -0.0782. The van der Waals surface area contributed by atoms with Crippen molar-refractivity contribution in [2.45, 2.75) is 0 Å². The second kappa shape index (κ2) is 4.24. The maximum absolute atomic E-state index is 10.4. The highest BCUT2D eigenvalue weighted by Crippen LogP contribution is 2.47. The van der Waals surface area contributed by atoms with Gasteiger partial charge in [-0.3, -0.25) is 0 Å². The van der Waals surface area contributed by atoms with Crippen molar-refractivity contribution in [2.24, 2.45) is 0 Å². The molecule has 2 aromatic heterocycles. The van der Waals surface area contributed by atoms with Crippen LogP contribution in [0.2, 0.25) is 0 Å². The number of aromatic hydroxyl groups is 1. The predicted molar refractivity (Wildman–Crippen MR) is 68.1 cm³/mol. The van der Waals surface area contributed by atoms with E-state index in [1.165, 1.54) is 25.2 Å². The van der Waals surface area contributed by atoms with E-state index in [-0.39, 0.29) is 11.5 Å². The zero-order valence-electron chi connectivity index (χ0n) is 10.5. The number of rotatable bonds is 3. The first-order chi connectivity index (χ1) is 9.27. The Morgan fingerprint density at radius 1 is 1.26 bits per heavy atom. The zero-order valence-corrected chi connectivity index (χ0v) is 10.5. The number of hydrogen-bond donors (Lipinski definition) is 1. The minimum Gasteiger partial charge on any atom is -0.503 e. The molecule has 3 aromatic rings. The van der Waals surface area contributed by atoms with Gasteiger partial charge >= 0.3 is 0 Å². The average molecular weight is 260 g/mol. The smallest absolute Gasteiger partial charge is 0.206 e. The topological polar surface area (TPSA) is 69.7 Å². The highest BCUT2D eigenvalue weighted by Gasteiger charge is 2.24. The summed E-state index contributed by atoms with van der Waals surface area (Å²) in [6.45, 7) is 0. The summed E-state index contributed by atoms with van der Waals surface area (Å²) in [6, 6.07) is 3.51. The standard InChI is InChI=1S/C13H12N2O4/c1-17-11-8-4-7-19-12(8)13(18-2)10(16)9(11)15-6-3-5-14-15/h3-7,16H,1-2H3. The van der Waals surface area contributed by atoms with Crippen molar-refractivity contribution < 1.29 is 19.0 Å². The van der Waals surface area contributed by atoms with E-state index < -0.39 is 0 Å². The first-order valence-electron chi connectivity index (χ1n) is 5.62. The number of benzene rings is 1. The SMILES string of the molecule is COc1c(-n2cccn2)c(O)c(OC)c2occc12. The Kier molecular flexibility index (Phi) is 2.56. The van der Waals surface area contributed by atoms with Gasteiger partial charge < -0.3 is 19.0 Å². The Labute approximate surface area is 108 Å². The van der Waals surface area contributed by atoms with Crippen LogP contribution in [0.3, 0.4) is 0 Å². The summed E-state index contributed by atoms with van der Waals surface area (Å²) >= 11 is 0. The average Bonchev–Trinajstić information content (AvgIpc) is 3.07. The summed E-state index contributed by atoms with van der Waals surface area (Å²) in [5.41, 5.74) is 0.853. The number of phenolic OH excluding ortho intramolecular Hbond substituents is 1. The van der Waals surface area contributed by atoms with Gasteiger partial charge in [0.15, 0.2) is 22.8 Å². The van der Waals surface area contributed by atoms with Crippen LogP contribution in [0.4, 0.5) is 0 Å². The van der Waals surface area contributed by atoms with Crippen LogP contribution in [0.15, 0.2) is 35.2 Å². The van der Waals surface area contributed by atoms with E-state index in [4.69, 9.17) is 13.9 Å². The summed E-state index contributed by atoms with van der Waals surface area (Å²) in [5, 5.41) is 15.2. The van der Waals surface area contributed by atoms with Gasteiger partial charge in [0.2, 0.25) is 5.75 Å². The molecule has 0 saturated heterocycles. The summed E-state index contributed by atoms with van der Waals surface area (Å²) in [7, 11) is 3.00. The molecule has 0 aliphatic carbocycles. The van der Waals surface area contributed by atoms with Gasteiger partial charge in [-0.15, -0.1) is 0 Å². The summed E-state index contributed by atoms with van der Waals surface area (Å²) < 4.78 is 17.5. The Balaban J connectivity index is 2.45. The first kappa shape index (κ1) is 11.5. The van der Waals surface area contributed by atoms with E-state index in [1.54, 1.807) is 24.5 Å². The lowest BCUT2D eigenvalue weighted by atomic mass is 10.1. The fourth-order valence-corrected chi connectivity index (χ4v) is 2.12. The van der Waals surface area contributed by atoms with Crippen LogP contribution in [0.5, 0.6) is 17.2 Å². The molecule has 0 saturated carbocycles. The Bertz CT molecular complexity index is 716. The quantitative estimate of drug-likeness (QED) is 0.782. The first-order valence-corrected chi connectivity index (χ1v) is 5.62. The summed E-state index contributed by atoms with van der Waals surface area (Å²) in [5.74, 6) is 0.655. The molecule has 0 aliphatic heterocycles. The third-order valence-electron chi connectivity index (χ3n) is 2.91. The van der Waals surface area contributed by atoms with Gasteiger partial charge in [-0.2, -0.15) is 5.10 Å². The van der Waals surface area contributed by atoms with Gasteiger partial charge in [0.05, 0.1) is 25.9 Å². The van der Waals surface area contributed by atoms with Crippen LogP contribution in [-0.4, -0.2) is 29.1 Å². The van der Waals surface area contributed by atoms with Crippen molar-refractivity contribution in [1.82, 2.24) is 9.78 Å². The fourth-order valence-electron chi connectivity index (χ4n) is 2.12. The number of furan rings is 1. The largest absolute Gasteiger partial charge is 0.503 e. The number of aromatic nitrogens is 2. The molecule has 0 bridgehead atoms. The molecule has 3 rings (SSSR count). The molecular formula is C13H12N2O4. The Hall–Kier alpha value is -2.63. The van der Waals surface area contributed by atoms with Crippen molar-refractivity contribution >= 4 is 11.0 Å². The monoisotopic (exact) mass is 260 g/mol. The lowest BCUT2D eigenvalue weighted by Crippen LogP contribution is -2.01. The number of phenols is 1. The minimum absolute atomic E-state index is 0.0782. The number of hydrogen-bond acceptors (Lipinski definition) is 5. The van der Waals surface area contributed by atoms with E-state index in [0.29, 0.717) is 22.4 Å². The van der Waals surface area contributed by atoms with Crippen LogP contribution in [0.1, 0.15) is 0 Å². The predicted octanol–water partition coefficient (Wildman–Crippen LogP) is 2.34. The molecule has 98 valence electrons. The lowest BCUT2D eigenvalue weighted by Gasteiger charge is -2.14. The second-order valence-electron chi connectivity index (χ2n) is 3.88. The van der Waals surface area contributed by atoms with Gasteiger partial charge in [0.25, 0.3) is 0 Å². The molecule has 0 spiro atoms. The number of fused-ring (bicyclic) bond motifs is 1. The zero-order chi connectivity index (χ0) is 13.4. The highest BCUT2D eigenvalue weighted by molar-refractivity contribution is 5.96. The lowest BCUT2D eigenvalue weighted by molar-refractivity contribution is 0.363. The van der Waals surface area contributed by atoms with Crippen molar-refractivity contribution in [3.8, 4) is 22.9 Å². The third kappa shape index (κ3) is 1.53. The number of methoxy groups -OCH3 is 2. The van der Waals surface area contributed by atoms with Crippen LogP contribution < -0.4 is 9.47 Å². The summed E-state index contributed by atoms with van der Waals surface area (Å²) in [6.07, 6.45) is 4.84. The molecule has 0 aliphatic rings. The highest BCUT2D eigenvalue weighted by atomic mass is 16.5. The van der Waals surface area contributed by atoms with E-state index >= 15 is 0 Å². The van der Waals surface area contributed by atoms with Gasteiger partial charge in [-0.25, -0.2) is 4.68 Å². The van der Waals surface area contributed by atoms with Gasteiger partial charge in [0, 0.05) is 12.4 Å². The van der Waals surface area contributed by atoms with Crippen LogP contribution >= 0.6 is 0 Å². The maximum atomic E-state index is 10.4. The molecule has 1 N–H and O–H groups in total. The molecule has 6 heteroatoms. The van der Waals surface area contributed by atoms with Crippen molar-refractivity contribution in [2.75, 3.05) is 14.2 Å². The van der Waals surface area contributed by atoms with Gasteiger partial charge in [-0.05, 0) is 12.1 Å². The summed E-state index contributed by atoms with van der Waals surface area (Å²) in [4.78, 5) is 0. The molecule has 0 unspecified atom stereocenters. The molecule has 0 radical (unpaired) electrons. The van der Waals surface area contributed by atoms with Crippen molar-refractivity contribution in [3.63, 3.8) is 0 Å². The van der Waals surface area contributed by atoms with Gasteiger partial charge in [-0.1, -0.05) is 0 Å². The normalized spacial score (nSPS) is 10.8. The molecule has 2 heterocycles. The maximum Gasteiger partial charge on any atom is 0.206 e. The molecule has 0 atom stereocenters. The molecule has 0 amide bonds. The van der Waals surface area contributed by atoms with Crippen molar-refractivity contribution in [3.05, 3.63) is 30.8 Å². The van der Waals surface area contributed by atoms with Crippen LogP contribution in [-0.2, 0) is 0 Å². The van der Waals surface area contributed by atoms with Crippen molar-refractivity contribution in [1.29, 1.82) is 0 Å². The van der Waals surface area contributed by atoms with Gasteiger partial charge in [0.1, 0.15) is 0 Å². The molecule has 1 aromatic carbocycles. The second-order valence-corrected chi connectivity index (χ2v) is 3.88. The fraction of sp³-hybridized carbons (Fsp3) is 0.154. The molecular weight excluding hydrogens is 248 g/mol.